The lowest BCUT2D eigenvalue weighted by molar-refractivity contribution is 0.00255. The summed E-state index contributed by atoms with van der Waals surface area (Å²) >= 11 is 0. The normalized spacial score (nSPS) is 34.4. The molecule has 3 aliphatic heterocycles. The van der Waals surface area contributed by atoms with Gasteiger partial charge in [-0.2, -0.15) is 0 Å². The van der Waals surface area contributed by atoms with Crippen molar-refractivity contribution in [1.29, 1.82) is 0 Å². The van der Waals surface area contributed by atoms with Gasteiger partial charge >= 0.3 is 0 Å². The van der Waals surface area contributed by atoms with Crippen molar-refractivity contribution in [3.63, 3.8) is 0 Å². The summed E-state index contributed by atoms with van der Waals surface area (Å²) in [7, 11) is 6.29. The molecule has 1 spiro atoms. The van der Waals surface area contributed by atoms with Crippen molar-refractivity contribution in [2.75, 3.05) is 33.7 Å². The average molecular weight is 331 g/mol. The molecule has 5 heteroatoms. The van der Waals surface area contributed by atoms with Crippen LogP contribution in [0.2, 0.25) is 0 Å². The van der Waals surface area contributed by atoms with Crippen LogP contribution < -0.4 is 0 Å². The first-order valence-electron chi connectivity index (χ1n) is 9.07. The third kappa shape index (κ3) is 2.17. The molecular formula is C19H29N3O2. The molecule has 1 amide bonds. The van der Waals surface area contributed by atoms with Gasteiger partial charge in [0.2, 0.25) is 0 Å². The van der Waals surface area contributed by atoms with E-state index in [1.54, 1.807) is 0 Å². The molecule has 0 saturated carbocycles. The summed E-state index contributed by atoms with van der Waals surface area (Å²) in [5, 5.41) is 0. The minimum absolute atomic E-state index is 0.0707. The molecule has 24 heavy (non-hydrogen) atoms. The molecule has 0 unspecified atom stereocenters. The Balaban J connectivity index is 1.57. The maximum absolute atomic E-state index is 13.1. The highest BCUT2D eigenvalue weighted by atomic mass is 16.5. The maximum Gasteiger partial charge on any atom is 0.255 e. The van der Waals surface area contributed by atoms with Crippen LogP contribution in [0.5, 0.6) is 0 Å². The Labute approximate surface area is 144 Å². The van der Waals surface area contributed by atoms with Crippen molar-refractivity contribution in [2.24, 2.45) is 18.9 Å². The molecule has 0 aromatic carbocycles. The Hall–Kier alpha value is -1.33. The van der Waals surface area contributed by atoms with Gasteiger partial charge in [0.05, 0.1) is 23.8 Å². The molecule has 3 saturated heterocycles. The molecule has 4 rings (SSSR count). The third-order valence-electron chi connectivity index (χ3n) is 6.65. The van der Waals surface area contributed by atoms with Crippen LogP contribution >= 0.6 is 0 Å². The van der Waals surface area contributed by atoms with E-state index in [2.05, 4.69) is 35.4 Å². The fraction of sp³-hybridized carbons (Fsp3) is 0.737. The molecule has 0 aliphatic carbocycles. The molecule has 3 aliphatic rings. The monoisotopic (exact) mass is 331 g/mol. The van der Waals surface area contributed by atoms with Crippen molar-refractivity contribution in [3.05, 3.63) is 23.0 Å². The summed E-state index contributed by atoms with van der Waals surface area (Å²) in [6.07, 6.45) is 2.67. The number of likely N-dealkylation sites (tertiary alicyclic amines) is 1. The quantitative estimate of drug-likeness (QED) is 0.848. The number of hydrogen-bond acceptors (Lipinski definition) is 3. The van der Waals surface area contributed by atoms with Crippen LogP contribution in [0.1, 0.15) is 34.6 Å². The highest BCUT2D eigenvalue weighted by Gasteiger charge is 2.63. The Bertz CT molecular complexity index is 680. The van der Waals surface area contributed by atoms with Crippen LogP contribution in [0.4, 0.5) is 0 Å². The Morgan fingerprint density at radius 2 is 2.17 bits per heavy atom. The van der Waals surface area contributed by atoms with E-state index in [0.717, 1.165) is 49.4 Å². The van der Waals surface area contributed by atoms with Crippen molar-refractivity contribution < 1.29 is 9.53 Å². The second-order valence-corrected chi connectivity index (χ2v) is 8.32. The number of aromatic nitrogens is 1. The number of carbonyl (C=O) groups is 1. The first-order chi connectivity index (χ1) is 11.3. The van der Waals surface area contributed by atoms with Crippen LogP contribution in [-0.2, 0) is 11.8 Å². The zero-order valence-electron chi connectivity index (χ0n) is 15.5. The van der Waals surface area contributed by atoms with Crippen molar-refractivity contribution >= 4 is 5.91 Å². The third-order valence-corrected chi connectivity index (χ3v) is 6.65. The molecule has 0 radical (unpaired) electrons. The van der Waals surface area contributed by atoms with Crippen molar-refractivity contribution in [1.82, 2.24) is 14.4 Å². The van der Waals surface area contributed by atoms with E-state index in [1.165, 1.54) is 0 Å². The minimum atomic E-state index is -0.0707. The summed E-state index contributed by atoms with van der Waals surface area (Å²) < 4.78 is 8.54. The molecule has 5 nitrogen and oxygen atoms in total. The van der Waals surface area contributed by atoms with Gasteiger partial charge < -0.3 is 19.1 Å². The first kappa shape index (κ1) is 16.2. The molecule has 1 aromatic rings. The number of amides is 1. The van der Waals surface area contributed by atoms with E-state index in [9.17, 15) is 4.79 Å². The number of hydrogen-bond donors (Lipinski definition) is 0. The fourth-order valence-corrected chi connectivity index (χ4v) is 5.25. The van der Waals surface area contributed by atoms with Gasteiger partial charge in [0.15, 0.2) is 0 Å². The lowest BCUT2D eigenvalue weighted by Crippen LogP contribution is -2.40. The molecular weight excluding hydrogens is 302 g/mol. The van der Waals surface area contributed by atoms with Crippen LogP contribution in [0.15, 0.2) is 6.07 Å². The zero-order chi connectivity index (χ0) is 17.2. The van der Waals surface area contributed by atoms with Gasteiger partial charge in [-0.15, -0.1) is 0 Å². The standard InChI is InChI=1S/C19H29N3O2/c1-12-8-14(13(2)21(12)5)18(23)22-10-16-15(9-20(3)4)17-6-7-19(16,11-22)24-17/h8,15-17H,6-7,9-11H2,1-5H3/t15-,16+,17+,19+/m1/s1. The Morgan fingerprint density at radius 3 is 2.79 bits per heavy atom. The molecule has 4 heterocycles. The molecule has 132 valence electrons. The molecule has 0 N–H and O–H groups in total. The van der Waals surface area contributed by atoms with Gasteiger partial charge in [0.1, 0.15) is 0 Å². The van der Waals surface area contributed by atoms with E-state index < -0.39 is 0 Å². The summed E-state index contributed by atoms with van der Waals surface area (Å²) in [6, 6.07) is 2.03. The Kier molecular flexibility index (Phi) is 3.59. The largest absolute Gasteiger partial charge is 0.369 e. The van der Waals surface area contributed by atoms with Gasteiger partial charge in [-0.1, -0.05) is 0 Å². The van der Waals surface area contributed by atoms with Gasteiger partial charge in [-0.3, -0.25) is 4.79 Å². The highest BCUT2D eigenvalue weighted by molar-refractivity contribution is 5.96. The van der Waals surface area contributed by atoms with Crippen LogP contribution in [0.3, 0.4) is 0 Å². The van der Waals surface area contributed by atoms with Gasteiger partial charge in [0.25, 0.3) is 5.91 Å². The number of nitrogens with zero attached hydrogens (tertiary/aromatic N) is 3. The van der Waals surface area contributed by atoms with Crippen LogP contribution in [0, 0.1) is 25.7 Å². The molecule has 2 bridgehead atoms. The summed E-state index contributed by atoms with van der Waals surface area (Å²) in [4.78, 5) is 17.4. The fourth-order valence-electron chi connectivity index (χ4n) is 5.25. The zero-order valence-corrected chi connectivity index (χ0v) is 15.5. The van der Waals surface area contributed by atoms with Crippen molar-refractivity contribution in [2.45, 2.75) is 38.4 Å². The molecule has 3 fully saturated rings. The number of fused-ring (bicyclic) bond motifs is 1. The second-order valence-electron chi connectivity index (χ2n) is 8.32. The molecule has 4 atom stereocenters. The van der Waals surface area contributed by atoms with E-state index in [-0.39, 0.29) is 11.5 Å². The van der Waals surface area contributed by atoms with E-state index in [4.69, 9.17) is 4.74 Å². The van der Waals surface area contributed by atoms with Gasteiger partial charge in [-0.25, -0.2) is 0 Å². The lowest BCUT2D eigenvalue weighted by Gasteiger charge is -2.30. The number of carbonyl (C=O) groups excluding carboxylic acids is 1. The highest BCUT2D eigenvalue weighted by Crippen LogP contribution is 2.55. The summed E-state index contributed by atoms with van der Waals surface area (Å²) in [6.45, 7) is 6.76. The summed E-state index contributed by atoms with van der Waals surface area (Å²) in [5.74, 6) is 1.23. The number of ether oxygens (including phenoxy) is 1. The maximum atomic E-state index is 13.1. The van der Waals surface area contributed by atoms with Crippen molar-refractivity contribution in [3.8, 4) is 0 Å². The predicted molar refractivity (Wildman–Crippen MR) is 93.2 cm³/mol. The van der Waals surface area contributed by atoms with Gasteiger partial charge in [0, 0.05) is 43.4 Å². The minimum Gasteiger partial charge on any atom is -0.369 e. The second kappa shape index (κ2) is 5.33. The Morgan fingerprint density at radius 1 is 1.42 bits per heavy atom. The predicted octanol–water partition coefficient (Wildman–Crippen LogP) is 1.82. The van der Waals surface area contributed by atoms with E-state index in [1.807, 2.05) is 20.0 Å². The van der Waals surface area contributed by atoms with Gasteiger partial charge in [-0.05, 0) is 46.9 Å². The lowest BCUT2D eigenvalue weighted by atomic mass is 9.73. The van der Waals surface area contributed by atoms with E-state index >= 15 is 0 Å². The first-order valence-corrected chi connectivity index (χ1v) is 9.07. The molecule has 1 aromatic heterocycles. The smallest absolute Gasteiger partial charge is 0.255 e. The number of rotatable bonds is 3. The van der Waals surface area contributed by atoms with Crippen LogP contribution in [-0.4, -0.2) is 65.7 Å². The summed E-state index contributed by atoms with van der Waals surface area (Å²) in [5.41, 5.74) is 2.97. The topological polar surface area (TPSA) is 37.7 Å². The average Bonchev–Trinajstić information content (AvgIpc) is 3.23. The SMILES string of the molecule is Cc1cc(C(=O)N2C[C@H]3[C@@H](CN(C)C)[C@@H]4CC[C@@]3(C2)O4)c(C)n1C. The van der Waals surface area contributed by atoms with Crippen LogP contribution in [0.25, 0.3) is 0 Å². The van der Waals surface area contributed by atoms with E-state index in [0.29, 0.717) is 17.9 Å². The number of aryl methyl sites for hydroxylation is 1.